The van der Waals surface area contributed by atoms with Crippen molar-refractivity contribution in [2.45, 2.75) is 13.8 Å². The van der Waals surface area contributed by atoms with Gasteiger partial charge in [-0.25, -0.2) is 14.6 Å². The van der Waals surface area contributed by atoms with E-state index in [0.29, 0.717) is 11.6 Å². The van der Waals surface area contributed by atoms with Crippen LogP contribution in [-0.2, 0) is 4.79 Å². The van der Waals surface area contributed by atoms with Gasteiger partial charge < -0.3 is 5.32 Å². The van der Waals surface area contributed by atoms with Crippen LogP contribution in [0.4, 0.5) is 5.82 Å². The third kappa shape index (κ3) is 3.70. The van der Waals surface area contributed by atoms with E-state index in [4.69, 9.17) is 0 Å². The Bertz CT molecular complexity index is 851. The molecule has 1 N–H and O–H groups in total. The van der Waals surface area contributed by atoms with Gasteiger partial charge in [0.05, 0.1) is 5.69 Å². The average molecular weight is 325 g/mol. The van der Waals surface area contributed by atoms with Gasteiger partial charge in [0.2, 0.25) is 5.91 Å². The number of thiophene rings is 1. The maximum absolute atomic E-state index is 12.0. The van der Waals surface area contributed by atoms with Crippen molar-refractivity contribution in [3.8, 4) is 5.82 Å². The van der Waals surface area contributed by atoms with Gasteiger partial charge in [-0.1, -0.05) is 6.07 Å². The average Bonchev–Trinajstić information content (AvgIpc) is 3.15. The predicted octanol–water partition coefficient (Wildman–Crippen LogP) is 2.99. The summed E-state index contributed by atoms with van der Waals surface area (Å²) in [6, 6.07) is 7.54. The van der Waals surface area contributed by atoms with Crippen molar-refractivity contribution in [3.63, 3.8) is 0 Å². The molecule has 6 nitrogen and oxygen atoms in total. The normalized spacial score (nSPS) is 11.0. The zero-order valence-electron chi connectivity index (χ0n) is 12.7. The van der Waals surface area contributed by atoms with Crippen LogP contribution in [0.1, 0.15) is 16.3 Å². The van der Waals surface area contributed by atoms with Gasteiger partial charge in [0.15, 0.2) is 5.82 Å². The molecule has 0 radical (unpaired) electrons. The number of carbonyl (C=O) groups excluding carboxylic acids is 1. The largest absolute Gasteiger partial charge is 0.307 e. The second-order valence-corrected chi connectivity index (χ2v) is 5.92. The summed E-state index contributed by atoms with van der Waals surface area (Å²) in [5.74, 6) is 0.808. The fourth-order valence-electron chi connectivity index (χ4n) is 2.10. The number of rotatable bonds is 4. The van der Waals surface area contributed by atoms with Gasteiger partial charge in [0.25, 0.3) is 0 Å². The highest BCUT2D eigenvalue weighted by atomic mass is 32.1. The Morgan fingerprint density at radius 2 is 2.17 bits per heavy atom. The minimum absolute atomic E-state index is 0.239. The summed E-state index contributed by atoms with van der Waals surface area (Å²) in [6.07, 6.45) is 4.66. The SMILES string of the molecule is Cc1cc(C)n(-c2cc(NC(=O)/C=C/c3cccs3)ncn2)n1. The van der Waals surface area contributed by atoms with Crippen LogP contribution in [0.25, 0.3) is 11.9 Å². The highest BCUT2D eigenvalue weighted by molar-refractivity contribution is 7.10. The van der Waals surface area contributed by atoms with Gasteiger partial charge in [-0.15, -0.1) is 11.3 Å². The zero-order valence-corrected chi connectivity index (χ0v) is 13.5. The van der Waals surface area contributed by atoms with E-state index in [0.717, 1.165) is 16.3 Å². The van der Waals surface area contributed by atoms with Crippen LogP contribution in [0.5, 0.6) is 0 Å². The summed E-state index contributed by atoms with van der Waals surface area (Å²) in [5.41, 5.74) is 1.88. The van der Waals surface area contributed by atoms with Crippen molar-refractivity contribution in [3.05, 3.63) is 58.3 Å². The summed E-state index contributed by atoms with van der Waals surface area (Å²) >= 11 is 1.57. The van der Waals surface area contributed by atoms with E-state index in [1.807, 2.05) is 37.4 Å². The van der Waals surface area contributed by atoms with Crippen molar-refractivity contribution in [2.75, 3.05) is 5.32 Å². The summed E-state index contributed by atoms with van der Waals surface area (Å²) in [6.45, 7) is 3.87. The van der Waals surface area contributed by atoms with Crippen molar-refractivity contribution in [1.29, 1.82) is 0 Å². The fraction of sp³-hybridized carbons (Fsp3) is 0.125. The van der Waals surface area contributed by atoms with Crippen molar-refractivity contribution in [1.82, 2.24) is 19.7 Å². The van der Waals surface area contributed by atoms with E-state index in [1.54, 1.807) is 28.2 Å². The quantitative estimate of drug-likeness (QED) is 0.749. The summed E-state index contributed by atoms with van der Waals surface area (Å²) in [4.78, 5) is 21.2. The number of aromatic nitrogens is 4. The lowest BCUT2D eigenvalue weighted by atomic mass is 10.4. The number of aryl methyl sites for hydroxylation is 2. The number of hydrogen-bond acceptors (Lipinski definition) is 5. The van der Waals surface area contributed by atoms with Gasteiger partial charge in [-0.3, -0.25) is 4.79 Å². The second-order valence-electron chi connectivity index (χ2n) is 4.94. The Hall–Kier alpha value is -2.80. The molecule has 23 heavy (non-hydrogen) atoms. The fourth-order valence-corrected chi connectivity index (χ4v) is 2.72. The van der Waals surface area contributed by atoms with E-state index in [2.05, 4.69) is 20.4 Å². The molecule has 3 aromatic heterocycles. The minimum Gasteiger partial charge on any atom is -0.307 e. The lowest BCUT2D eigenvalue weighted by Crippen LogP contribution is -2.11. The van der Waals surface area contributed by atoms with Gasteiger partial charge >= 0.3 is 0 Å². The standard InChI is InChI=1S/C16H15N5OS/c1-11-8-12(2)21(20-11)15-9-14(17-10-18-15)19-16(22)6-5-13-4-3-7-23-13/h3-10H,1-2H3,(H,17,18,19,22)/b6-5+. The van der Waals surface area contributed by atoms with Gasteiger partial charge in [-0.05, 0) is 37.4 Å². The Balaban J connectivity index is 1.75. The molecule has 116 valence electrons. The van der Waals surface area contributed by atoms with E-state index in [-0.39, 0.29) is 5.91 Å². The molecule has 7 heteroatoms. The number of carbonyl (C=O) groups is 1. The molecule has 1 amide bonds. The second kappa shape index (κ2) is 6.53. The highest BCUT2D eigenvalue weighted by Gasteiger charge is 2.07. The molecule has 3 rings (SSSR count). The number of hydrogen-bond donors (Lipinski definition) is 1. The first kappa shape index (κ1) is 15.1. The van der Waals surface area contributed by atoms with Crippen molar-refractivity contribution in [2.24, 2.45) is 0 Å². The molecule has 0 fully saturated rings. The van der Waals surface area contributed by atoms with E-state index >= 15 is 0 Å². The first-order chi connectivity index (χ1) is 11.1. The molecule has 0 bridgehead atoms. The molecule has 0 aromatic carbocycles. The van der Waals surface area contributed by atoms with Crippen LogP contribution < -0.4 is 5.32 Å². The molecule has 0 atom stereocenters. The Morgan fingerprint density at radius 1 is 1.30 bits per heavy atom. The first-order valence-corrected chi connectivity index (χ1v) is 7.88. The number of nitrogens with zero attached hydrogens (tertiary/aromatic N) is 4. The van der Waals surface area contributed by atoms with E-state index in [1.165, 1.54) is 12.4 Å². The maximum atomic E-state index is 12.0. The van der Waals surface area contributed by atoms with Crippen LogP contribution in [-0.4, -0.2) is 25.7 Å². The monoisotopic (exact) mass is 325 g/mol. The smallest absolute Gasteiger partial charge is 0.249 e. The maximum Gasteiger partial charge on any atom is 0.249 e. The van der Waals surface area contributed by atoms with E-state index in [9.17, 15) is 4.79 Å². The zero-order chi connectivity index (χ0) is 16.2. The molecule has 0 saturated heterocycles. The first-order valence-electron chi connectivity index (χ1n) is 7.00. The minimum atomic E-state index is -0.239. The molecule has 3 aromatic rings. The van der Waals surface area contributed by atoms with Crippen molar-refractivity contribution < 1.29 is 4.79 Å². The van der Waals surface area contributed by atoms with Crippen LogP contribution in [0.15, 0.2) is 42.0 Å². The topological polar surface area (TPSA) is 72.7 Å². The number of nitrogens with one attached hydrogen (secondary N) is 1. The lowest BCUT2D eigenvalue weighted by Gasteiger charge is -2.05. The molecular weight excluding hydrogens is 310 g/mol. The van der Waals surface area contributed by atoms with Crippen LogP contribution in [0, 0.1) is 13.8 Å². The lowest BCUT2D eigenvalue weighted by molar-refractivity contribution is -0.111. The van der Waals surface area contributed by atoms with Gasteiger partial charge in [0.1, 0.15) is 12.1 Å². The van der Waals surface area contributed by atoms with Crippen LogP contribution >= 0.6 is 11.3 Å². The Labute approximate surface area is 137 Å². The Kier molecular flexibility index (Phi) is 4.29. The molecule has 0 spiro atoms. The molecule has 0 unspecified atom stereocenters. The van der Waals surface area contributed by atoms with Crippen LogP contribution in [0.3, 0.4) is 0 Å². The molecule has 0 aliphatic carbocycles. The van der Waals surface area contributed by atoms with Gasteiger partial charge in [-0.2, -0.15) is 5.10 Å². The highest BCUT2D eigenvalue weighted by Crippen LogP contribution is 2.13. The summed E-state index contributed by atoms with van der Waals surface area (Å²) in [7, 11) is 0. The van der Waals surface area contributed by atoms with Crippen molar-refractivity contribution >= 4 is 29.1 Å². The number of amides is 1. The molecule has 0 aliphatic heterocycles. The molecule has 3 heterocycles. The predicted molar refractivity (Wildman–Crippen MR) is 90.6 cm³/mol. The summed E-state index contributed by atoms with van der Waals surface area (Å²) < 4.78 is 1.72. The molecule has 0 aliphatic rings. The summed E-state index contributed by atoms with van der Waals surface area (Å²) in [5, 5.41) is 9.06. The Morgan fingerprint density at radius 3 is 2.87 bits per heavy atom. The van der Waals surface area contributed by atoms with E-state index < -0.39 is 0 Å². The third-order valence-corrected chi connectivity index (χ3v) is 3.91. The number of anilines is 1. The van der Waals surface area contributed by atoms with Crippen LogP contribution in [0.2, 0.25) is 0 Å². The van der Waals surface area contributed by atoms with Gasteiger partial charge in [0, 0.05) is 22.7 Å². The molecular formula is C16H15N5OS. The molecule has 0 saturated carbocycles. The third-order valence-electron chi connectivity index (χ3n) is 3.07.